The van der Waals surface area contributed by atoms with Crippen LogP contribution >= 0.6 is 0 Å². The van der Waals surface area contributed by atoms with Gasteiger partial charge in [-0.25, -0.2) is 15.0 Å². The minimum atomic E-state index is 0.704. The first-order valence-corrected chi connectivity index (χ1v) is 7.01. The fourth-order valence-electron chi connectivity index (χ4n) is 2.74. The average molecular weight is 268 g/mol. The average Bonchev–Trinajstić information content (AvgIpc) is 3.18. The van der Waals surface area contributed by atoms with Crippen LogP contribution < -0.4 is 4.90 Å². The van der Waals surface area contributed by atoms with E-state index in [9.17, 15) is 0 Å². The van der Waals surface area contributed by atoms with Gasteiger partial charge in [0.05, 0.1) is 12.0 Å². The topological polar surface area (TPSA) is 73.5 Å². The highest BCUT2D eigenvalue weighted by Crippen LogP contribution is 2.26. The number of hydrogen-bond donors (Lipinski definition) is 2. The Morgan fingerprint density at radius 2 is 1.95 bits per heavy atom. The SMILES string of the molecule is c1c[nH]c(-c2nc(N3CCCCC3)c3[nH]cnc3n2)c1. The Labute approximate surface area is 116 Å². The summed E-state index contributed by atoms with van der Waals surface area (Å²) in [5.74, 6) is 1.67. The third-order valence-electron chi connectivity index (χ3n) is 3.76. The maximum absolute atomic E-state index is 4.75. The number of imidazole rings is 1. The minimum absolute atomic E-state index is 0.704. The molecule has 0 amide bonds. The lowest BCUT2D eigenvalue weighted by Gasteiger charge is -2.28. The van der Waals surface area contributed by atoms with Gasteiger partial charge in [0.1, 0.15) is 5.52 Å². The number of nitrogens with one attached hydrogen (secondary N) is 2. The van der Waals surface area contributed by atoms with E-state index in [4.69, 9.17) is 4.98 Å². The number of H-pyrrole nitrogens is 2. The molecule has 3 aromatic rings. The standard InChI is InChI=1S/C14H16N6/c1-2-7-20(8-3-1)14-11-13(17-9-16-11)18-12(19-14)10-5-4-6-15-10/h4-6,9,15H,1-3,7-8H2,(H,16,17,18,19). The molecule has 1 saturated heterocycles. The summed E-state index contributed by atoms with van der Waals surface area (Å²) in [6.07, 6.45) is 7.31. The zero-order valence-corrected chi connectivity index (χ0v) is 11.1. The predicted octanol–water partition coefficient (Wildman–Crippen LogP) is 2.34. The van der Waals surface area contributed by atoms with Crippen LogP contribution in [0.1, 0.15) is 19.3 Å². The van der Waals surface area contributed by atoms with Crippen LogP contribution in [0.3, 0.4) is 0 Å². The number of nitrogens with zero attached hydrogens (tertiary/aromatic N) is 4. The maximum Gasteiger partial charge on any atom is 0.183 e. The van der Waals surface area contributed by atoms with E-state index in [-0.39, 0.29) is 0 Å². The molecular formula is C14H16N6. The maximum atomic E-state index is 4.75. The summed E-state index contributed by atoms with van der Waals surface area (Å²) in [6, 6.07) is 3.93. The molecule has 0 aromatic carbocycles. The molecule has 102 valence electrons. The van der Waals surface area contributed by atoms with E-state index >= 15 is 0 Å². The highest BCUT2D eigenvalue weighted by molar-refractivity contribution is 5.84. The van der Waals surface area contributed by atoms with Crippen molar-refractivity contribution in [3.05, 3.63) is 24.7 Å². The van der Waals surface area contributed by atoms with Crippen LogP contribution in [-0.2, 0) is 0 Å². The second-order valence-corrected chi connectivity index (χ2v) is 5.10. The molecular weight excluding hydrogens is 252 g/mol. The van der Waals surface area contributed by atoms with E-state index in [0.29, 0.717) is 5.82 Å². The quantitative estimate of drug-likeness (QED) is 0.748. The first-order valence-electron chi connectivity index (χ1n) is 7.01. The van der Waals surface area contributed by atoms with Crippen LogP contribution in [0.5, 0.6) is 0 Å². The normalized spacial score (nSPS) is 15.9. The van der Waals surface area contributed by atoms with Crippen LogP contribution in [0, 0.1) is 0 Å². The van der Waals surface area contributed by atoms with E-state index in [1.54, 1.807) is 6.33 Å². The second-order valence-electron chi connectivity index (χ2n) is 5.10. The van der Waals surface area contributed by atoms with Gasteiger partial charge in [0, 0.05) is 19.3 Å². The van der Waals surface area contributed by atoms with Gasteiger partial charge in [-0.1, -0.05) is 0 Å². The molecule has 6 heteroatoms. The van der Waals surface area contributed by atoms with E-state index < -0.39 is 0 Å². The fourth-order valence-corrected chi connectivity index (χ4v) is 2.74. The summed E-state index contributed by atoms with van der Waals surface area (Å²) in [6.45, 7) is 2.10. The van der Waals surface area contributed by atoms with Crippen molar-refractivity contribution in [2.45, 2.75) is 19.3 Å². The lowest BCUT2D eigenvalue weighted by Crippen LogP contribution is -2.30. The zero-order valence-electron chi connectivity index (χ0n) is 11.1. The highest BCUT2D eigenvalue weighted by atomic mass is 15.2. The molecule has 0 radical (unpaired) electrons. The molecule has 20 heavy (non-hydrogen) atoms. The molecule has 1 aliphatic rings. The molecule has 0 aliphatic carbocycles. The van der Waals surface area contributed by atoms with Crippen LogP contribution in [0.15, 0.2) is 24.7 Å². The number of piperidine rings is 1. The Morgan fingerprint density at radius 3 is 2.75 bits per heavy atom. The third-order valence-corrected chi connectivity index (χ3v) is 3.76. The largest absolute Gasteiger partial charge is 0.359 e. The molecule has 3 aromatic heterocycles. The van der Waals surface area contributed by atoms with Gasteiger partial charge >= 0.3 is 0 Å². The number of anilines is 1. The Hall–Kier alpha value is -2.37. The van der Waals surface area contributed by atoms with E-state index in [1.165, 1.54) is 19.3 Å². The lowest BCUT2D eigenvalue weighted by molar-refractivity contribution is 0.574. The van der Waals surface area contributed by atoms with E-state index in [0.717, 1.165) is 35.8 Å². The van der Waals surface area contributed by atoms with Crippen molar-refractivity contribution in [1.29, 1.82) is 0 Å². The molecule has 0 atom stereocenters. The van der Waals surface area contributed by atoms with Crippen molar-refractivity contribution in [1.82, 2.24) is 24.9 Å². The summed E-state index contributed by atoms with van der Waals surface area (Å²) < 4.78 is 0. The Morgan fingerprint density at radius 1 is 1.05 bits per heavy atom. The summed E-state index contributed by atoms with van der Waals surface area (Å²) in [5.41, 5.74) is 2.58. The van der Waals surface area contributed by atoms with Crippen molar-refractivity contribution in [3.8, 4) is 11.5 Å². The molecule has 0 spiro atoms. The highest BCUT2D eigenvalue weighted by Gasteiger charge is 2.19. The van der Waals surface area contributed by atoms with Crippen molar-refractivity contribution in [2.24, 2.45) is 0 Å². The summed E-state index contributed by atoms with van der Waals surface area (Å²) in [7, 11) is 0. The van der Waals surface area contributed by atoms with Crippen LogP contribution in [0.4, 0.5) is 5.82 Å². The van der Waals surface area contributed by atoms with E-state index in [1.807, 2.05) is 18.3 Å². The number of hydrogen-bond acceptors (Lipinski definition) is 4. The van der Waals surface area contributed by atoms with Gasteiger partial charge in [-0.3, -0.25) is 0 Å². The molecule has 6 nitrogen and oxygen atoms in total. The minimum Gasteiger partial charge on any atom is -0.359 e. The molecule has 2 N–H and O–H groups in total. The Bertz CT molecular complexity index is 708. The summed E-state index contributed by atoms with van der Waals surface area (Å²) in [5, 5.41) is 0. The summed E-state index contributed by atoms with van der Waals surface area (Å²) in [4.78, 5) is 22.2. The van der Waals surface area contributed by atoms with Gasteiger partial charge in [0.2, 0.25) is 0 Å². The molecule has 0 bridgehead atoms. The number of aromatic amines is 2. The van der Waals surface area contributed by atoms with Crippen molar-refractivity contribution in [3.63, 3.8) is 0 Å². The number of rotatable bonds is 2. The Balaban J connectivity index is 1.86. The van der Waals surface area contributed by atoms with Crippen LogP contribution in [0.25, 0.3) is 22.7 Å². The summed E-state index contributed by atoms with van der Waals surface area (Å²) >= 11 is 0. The predicted molar refractivity (Wildman–Crippen MR) is 77.5 cm³/mol. The Kier molecular flexibility index (Phi) is 2.65. The van der Waals surface area contributed by atoms with E-state index in [2.05, 4.69) is 24.8 Å². The van der Waals surface area contributed by atoms with Crippen molar-refractivity contribution in [2.75, 3.05) is 18.0 Å². The van der Waals surface area contributed by atoms with Gasteiger partial charge in [-0.2, -0.15) is 0 Å². The molecule has 0 unspecified atom stereocenters. The first kappa shape index (κ1) is 11.5. The van der Waals surface area contributed by atoms with Crippen LogP contribution in [0.2, 0.25) is 0 Å². The smallest absolute Gasteiger partial charge is 0.183 e. The number of fused-ring (bicyclic) bond motifs is 1. The van der Waals surface area contributed by atoms with Crippen molar-refractivity contribution < 1.29 is 0 Å². The first-order chi connectivity index (χ1) is 9.92. The molecule has 1 aliphatic heterocycles. The number of aromatic nitrogens is 5. The lowest BCUT2D eigenvalue weighted by atomic mass is 10.1. The molecule has 1 fully saturated rings. The van der Waals surface area contributed by atoms with Crippen molar-refractivity contribution >= 4 is 17.0 Å². The van der Waals surface area contributed by atoms with Gasteiger partial charge < -0.3 is 14.9 Å². The van der Waals surface area contributed by atoms with Gasteiger partial charge in [0.15, 0.2) is 17.3 Å². The molecule has 0 saturated carbocycles. The zero-order chi connectivity index (χ0) is 13.4. The van der Waals surface area contributed by atoms with Gasteiger partial charge in [-0.15, -0.1) is 0 Å². The fraction of sp³-hybridized carbons (Fsp3) is 0.357. The van der Waals surface area contributed by atoms with Gasteiger partial charge in [-0.05, 0) is 31.4 Å². The molecule has 4 heterocycles. The van der Waals surface area contributed by atoms with Crippen LogP contribution in [-0.4, -0.2) is 38.0 Å². The third kappa shape index (κ3) is 1.84. The molecule has 4 rings (SSSR count). The monoisotopic (exact) mass is 268 g/mol. The van der Waals surface area contributed by atoms with Gasteiger partial charge in [0.25, 0.3) is 0 Å². The second kappa shape index (κ2) is 4.63.